The first-order chi connectivity index (χ1) is 13.6. The first kappa shape index (κ1) is 18.2. The van der Waals surface area contributed by atoms with Gasteiger partial charge in [0, 0.05) is 35.6 Å². The molecule has 4 rings (SSSR count). The fraction of sp³-hybridized carbons (Fsp3) is 0.200. The SMILES string of the molecule is C[C@@H]1CCNc2ccc(-c3cccc(Cl)c3)nc2N1C(=O)Nc1cnccn1. The number of anilines is 3. The number of hydrogen-bond donors (Lipinski definition) is 2. The van der Waals surface area contributed by atoms with Crippen molar-refractivity contribution in [2.75, 3.05) is 22.1 Å². The van der Waals surface area contributed by atoms with E-state index in [4.69, 9.17) is 16.6 Å². The summed E-state index contributed by atoms with van der Waals surface area (Å²) < 4.78 is 0. The van der Waals surface area contributed by atoms with Gasteiger partial charge in [-0.05, 0) is 37.6 Å². The molecule has 0 spiro atoms. The first-order valence-corrected chi connectivity index (χ1v) is 9.37. The predicted molar refractivity (Wildman–Crippen MR) is 111 cm³/mol. The van der Waals surface area contributed by atoms with Crippen LogP contribution < -0.4 is 15.5 Å². The molecule has 0 bridgehead atoms. The Balaban J connectivity index is 1.73. The van der Waals surface area contributed by atoms with Crippen LogP contribution in [-0.2, 0) is 0 Å². The summed E-state index contributed by atoms with van der Waals surface area (Å²) in [5, 5.41) is 6.80. The summed E-state index contributed by atoms with van der Waals surface area (Å²) in [6, 6.07) is 11.0. The summed E-state index contributed by atoms with van der Waals surface area (Å²) in [6.07, 6.45) is 5.39. The van der Waals surface area contributed by atoms with E-state index in [-0.39, 0.29) is 12.1 Å². The highest BCUT2D eigenvalue weighted by molar-refractivity contribution is 6.30. The van der Waals surface area contributed by atoms with Gasteiger partial charge in [-0.1, -0.05) is 23.7 Å². The number of carbonyl (C=O) groups excluding carboxylic acids is 1. The maximum atomic E-state index is 13.1. The quantitative estimate of drug-likeness (QED) is 0.671. The zero-order chi connectivity index (χ0) is 19.5. The predicted octanol–water partition coefficient (Wildman–Crippen LogP) is 4.43. The molecule has 0 aliphatic carbocycles. The molecule has 142 valence electrons. The van der Waals surface area contributed by atoms with Crippen molar-refractivity contribution >= 4 is 35.0 Å². The van der Waals surface area contributed by atoms with Gasteiger partial charge in [-0.25, -0.2) is 14.8 Å². The van der Waals surface area contributed by atoms with Gasteiger partial charge in [0.15, 0.2) is 11.6 Å². The van der Waals surface area contributed by atoms with E-state index in [0.29, 0.717) is 16.7 Å². The molecule has 1 aromatic carbocycles. The molecule has 0 saturated carbocycles. The van der Waals surface area contributed by atoms with Gasteiger partial charge in [0.1, 0.15) is 0 Å². The lowest BCUT2D eigenvalue weighted by atomic mass is 10.1. The smallest absolute Gasteiger partial charge is 0.329 e. The average Bonchev–Trinajstić information content (AvgIpc) is 2.86. The van der Waals surface area contributed by atoms with Crippen molar-refractivity contribution in [3.05, 3.63) is 60.0 Å². The number of aromatic nitrogens is 3. The number of halogens is 1. The minimum atomic E-state index is -0.298. The Hall–Kier alpha value is -3.19. The van der Waals surface area contributed by atoms with Crippen molar-refractivity contribution in [2.24, 2.45) is 0 Å². The summed E-state index contributed by atoms with van der Waals surface area (Å²) in [5.41, 5.74) is 2.44. The second-order valence-corrected chi connectivity index (χ2v) is 6.97. The molecule has 28 heavy (non-hydrogen) atoms. The number of rotatable bonds is 2. The van der Waals surface area contributed by atoms with Crippen LogP contribution >= 0.6 is 11.6 Å². The highest BCUT2D eigenvalue weighted by Crippen LogP contribution is 2.33. The Morgan fingerprint density at radius 3 is 2.96 bits per heavy atom. The van der Waals surface area contributed by atoms with Crippen LogP contribution in [0, 0.1) is 0 Å². The number of hydrogen-bond acceptors (Lipinski definition) is 5. The van der Waals surface area contributed by atoms with Crippen molar-refractivity contribution < 1.29 is 4.79 Å². The number of fused-ring (bicyclic) bond motifs is 1. The maximum absolute atomic E-state index is 13.1. The number of nitrogens with zero attached hydrogens (tertiary/aromatic N) is 4. The third-order valence-electron chi connectivity index (χ3n) is 4.56. The van der Waals surface area contributed by atoms with Crippen LogP contribution in [0.2, 0.25) is 5.02 Å². The minimum Gasteiger partial charge on any atom is -0.382 e. The molecule has 3 aromatic rings. The largest absolute Gasteiger partial charge is 0.382 e. The minimum absolute atomic E-state index is 0.0486. The lowest BCUT2D eigenvalue weighted by Crippen LogP contribution is -2.42. The second kappa shape index (κ2) is 7.82. The molecule has 0 fully saturated rings. The molecule has 2 N–H and O–H groups in total. The van der Waals surface area contributed by atoms with Gasteiger partial charge in [-0.2, -0.15) is 0 Å². The third kappa shape index (κ3) is 3.75. The standard InChI is InChI=1S/C20H19ClN6O/c1-13-7-8-23-17-6-5-16(14-3-2-4-15(21)11-14)25-19(17)27(13)20(28)26-18-12-22-9-10-24-18/h2-6,9-13,23H,7-8H2,1H3,(H,24,26,28)/t13-/m1/s1. The van der Waals surface area contributed by atoms with E-state index in [1.165, 1.54) is 12.4 Å². The molecule has 3 heterocycles. The highest BCUT2D eigenvalue weighted by Gasteiger charge is 2.28. The van der Waals surface area contributed by atoms with Gasteiger partial charge in [-0.3, -0.25) is 15.2 Å². The van der Waals surface area contributed by atoms with E-state index >= 15 is 0 Å². The molecule has 7 nitrogen and oxygen atoms in total. The fourth-order valence-electron chi connectivity index (χ4n) is 3.16. The van der Waals surface area contributed by atoms with Crippen LogP contribution in [0.5, 0.6) is 0 Å². The zero-order valence-electron chi connectivity index (χ0n) is 15.3. The Bertz CT molecular complexity index is 997. The Morgan fingerprint density at radius 2 is 2.18 bits per heavy atom. The van der Waals surface area contributed by atoms with Gasteiger partial charge >= 0.3 is 6.03 Å². The molecule has 0 saturated heterocycles. The van der Waals surface area contributed by atoms with Crippen LogP contribution in [0.25, 0.3) is 11.3 Å². The Morgan fingerprint density at radius 1 is 1.29 bits per heavy atom. The molecule has 2 aromatic heterocycles. The van der Waals surface area contributed by atoms with Crippen molar-refractivity contribution in [3.8, 4) is 11.3 Å². The van der Waals surface area contributed by atoms with Crippen LogP contribution in [0.1, 0.15) is 13.3 Å². The normalized spacial score (nSPS) is 15.9. The Kier molecular flexibility index (Phi) is 5.08. The van der Waals surface area contributed by atoms with E-state index < -0.39 is 0 Å². The summed E-state index contributed by atoms with van der Waals surface area (Å²) in [6.45, 7) is 2.75. The van der Waals surface area contributed by atoms with Gasteiger partial charge in [-0.15, -0.1) is 0 Å². The topological polar surface area (TPSA) is 83.0 Å². The third-order valence-corrected chi connectivity index (χ3v) is 4.79. The van der Waals surface area contributed by atoms with Crippen LogP contribution in [-0.4, -0.2) is 33.6 Å². The number of benzene rings is 1. The fourth-order valence-corrected chi connectivity index (χ4v) is 3.35. The highest BCUT2D eigenvalue weighted by atomic mass is 35.5. The summed E-state index contributed by atoms with van der Waals surface area (Å²) in [7, 11) is 0. The van der Waals surface area contributed by atoms with E-state index in [2.05, 4.69) is 20.6 Å². The maximum Gasteiger partial charge on any atom is 0.329 e. The van der Waals surface area contributed by atoms with Crippen molar-refractivity contribution in [1.82, 2.24) is 15.0 Å². The first-order valence-electron chi connectivity index (χ1n) is 8.99. The zero-order valence-corrected chi connectivity index (χ0v) is 16.0. The number of carbonyl (C=O) groups is 1. The molecule has 8 heteroatoms. The van der Waals surface area contributed by atoms with Crippen molar-refractivity contribution in [1.29, 1.82) is 0 Å². The lowest BCUT2D eigenvalue weighted by Gasteiger charge is -2.27. The van der Waals surface area contributed by atoms with Crippen LogP contribution in [0.15, 0.2) is 55.0 Å². The summed E-state index contributed by atoms with van der Waals surface area (Å²) >= 11 is 6.13. The molecule has 0 unspecified atom stereocenters. The van der Waals surface area contributed by atoms with E-state index in [0.717, 1.165) is 29.9 Å². The van der Waals surface area contributed by atoms with Crippen LogP contribution in [0.3, 0.4) is 0 Å². The molecule has 2 amide bonds. The van der Waals surface area contributed by atoms with Crippen molar-refractivity contribution in [3.63, 3.8) is 0 Å². The second-order valence-electron chi connectivity index (χ2n) is 6.53. The summed E-state index contributed by atoms with van der Waals surface area (Å²) in [5.74, 6) is 0.966. The van der Waals surface area contributed by atoms with Gasteiger partial charge in [0.2, 0.25) is 0 Å². The lowest BCUT2D eigenvalue weighted by molar-refractivity contribution is 0.255. The molecule has 1 atom stereocenters. The number of pyridine rings is 1. The number of amides is 2. The van der Waals surface area contributed by atoms with Gasteiger partial charge in [0.25, 0.3) is 0 Å². The molecule has 1 aliphatic heterocycles. The average molecular weight is 395 g/mol. The monoisotopic (exact) mass is 394 g/mol. The van der Waals surface area contributed by atoms with E-state index in [1.54, 1.807) is 11.1 Å². The van der Waals surface area contributed by atoms with E-state index in [1.807, 2.05) is 43.3 Å². The molecular weight excluding hydrogens is 376 g/mol. The number of urea groups is 1. The molecular formula is C20H19ClN6O. The van der Waals surface area contributed by atoms with Gasteiger partial charge in [0.05, 0.1) is 17.6 Å². The van der Waals surface area contributed by atoms with Crippen molar-refractivity contribution in [2.45, 2.75) is 19.4 Å². The van der Waals surface area contributed by atoms with Gasteiger partial charge < -0.3 is 5.32 Å². The summed E-state index contributed by atoms with van der Waals surface area (Å²) in [4.78, 5) is 27.6. The Labute approximate surface area is 167 Å². The molecule has 1 aliphatic rings. The van der Waals surface area contributed by atoms with E-state index in [9.17, 15) is 4.79 Å². The van der Waals surface area contributed by atoms with Crippen LogP contribution in [0.4, 0.5) is 22.1 Å². The number of nitrogens with one attached hydrogen (secondary N) is 2. The molecule has 0 radical (unpaired) electrons.